The van der Waals surface area contributed by atoms with Crippen molar-refractivity contribution in [3.05, 3.63) is 90.0 Å². The van der Waals surface area contributed by atoms with Gasteiger partial charge in [-0.1, -0.05) is 48.5 Å². The van der Waals surface area contributed by atoms with Crippen LogP contribution >= 0.6 is 12.2 Å². The third-order valence-electron chi connectivity index (χ3n) is 4.17. The number of methoxy groups -OCH3 is 1. The van der Waals surface area contributed by atoms with E-state index in [1.807, 2.05) is 54.6 Å². The van der Waals surface area contributed by atoms with E-state index in [1.165, 1.54) is 12.1 Å². The van der Waals surface area contributed by atoms with Crippen LogP contribution in [0.2, 0.25) is 0 Å². The molecule has 0 heterocycles. The van der Waals surface area contributed by atoms with Crippen molar-refractivity contribution in [3.8, 4) is 11.5 Å². The lowest BCUT2D eigenvalue weighted by molar-refractivity contribution is -0.0498. The summed E-state index contributed by atoms with van der Waals surface area (Å²) in [6.07, 6.45) is 0. The van der Waals surface area contributed by atoms with Gasteiger partial charge in [0.25, 0.3) is 0 Å². The second kappa shape index (κ2) is 9.84. The molecule has 29 heavy (non-hydrogen) atoms. The molecule has 0 amide bonds. The Hall–Kier alpha value is -3.19. The Labute approximate surface area is 173 Å². The number of ether oxygens (including phenoxy) is 2. The Kier molecular flexibility index (Phi) is 6.97. The number of alkyl halides is 2. The van der Waals surface area contributed by atoms with Gasteiger partial charge < -0.3 is 20.1 Å². The van der Waals surface area contributed by atoms with Gasteiger partial charge in [0.15, 0.2) is 5.11 Å². The molecule has 2 N–H and O–H groups in total. The second-order valence-electron chi connectivity index (χ2n) is 6.12. The Morgan fingerprint density at radius 2 is 1.55 bits per heavy atom. The number of halogens is 2. The zero-order valence-electron chi connectivity index (χ0n) is 15.6. The van der Waals surface area contributed by atoms with Crippen LogP contribution in [-0.4, -0.2) is 18.8 Å². The molecule has 0 saturated carbocycles. The quantitative estimate of drug-likeness (QED) is 0.509. The number of nitrogens with one attached hydrogen (secondary N) is 2. The van der Waals surface area contributed by atoms with E-state index in [-0.39, 0.29) is 11.8 Å². The lowest BCUT2D eigenvalue weighted by Gasteiger charge is -2.22. The summed E-state index contributed by atoms with van der Waals surface area (Å²) in [5.41, 5.74) is 2.62. The van der Waals surface area contributed by atoms with Crippen LogP contribution in [0.4, 0.5) is 14.5 Å². The molecule has 0 aliphatic rings. The molecule has 0 bridgehead atoms. The molecule has 1 atom stereocenters. The minimum absolute atomic E-state index is 0.104. The molecule has 0 radical (unpaired) electrons. The molecule has 0 fully saturated rings. The zero-order valence-corrected chi connectivity index (χ0v) is 16.5. The Morgan fingerprint density at radius 1 is 0.862 bits per heavy atom. The maximum atomic E-state index is 12.4. The summed E-state index contributed by atoms with van der Waals surface area (Å²) in [4.78, 5) is 0. The van der Waals surface area contributed by atoms with E-state index in [2.05, 4.69) is 15.4 Å². The molecule has 7 heteroatoms. The van der Waals surface area contributed by atoms with Crippen LogP contribution in [0.15, 0.2) is 78.9 Å². The average molecular weight is 414 g/mol. The molecular formula is C22H20F2N2O2S. The lowest BCUT2D eigenvalue weighted by atomic mass is 9.99. The van der Waals surface area contributed by atoms with Gasteiger partial charge in [-0.05, 0) is 47.6 Å². The molecule has 0 saturated heterocycles. The minimum Gasteiger partial charge on any atom is -0.497 e. The van der Waals surface area contributed by atoms with Crippen LogP contribution in [0.25, 0.3) is 0 Å². The van der Waals surface area contributed by atoms with Crippen molar-refractivity contribution >= 4 is 23.0 Å². The van der Waals surface area contributed by atoms with Gasteiger partial charge in [0.05, 0.1) is 13.2 Å². The van der Waals surface area contributed by atoms with E-state index in [0.717, 1.165) is 16.8 Å². The molecule has 3 aromatic carbocycles. The van der Waals surface area contributed by atoms with Gasteiger partial charge in [-0.15, -0.1) is 0 Å². The number of anilines is 1. The summed E-state index contributed by atoms with van der Waals surface area (Å²) >= 11 is 5.49. The molecule has 3 aromatic rings. The largest absolute Gasteiger partial charge is 0.497 e. The minimum atomic E-state index is -2.86. The Morgan fingerprint density at radius 3 is 2.21 bits per heavy atom. The maximum absolute atomic E-state index is 12.4. The highest BCUT2D eigenvalue weighted by molar-refractivity contribution is 7.80. The van der Waals surface area contributed by atoms with Crippen molar-refractivity contribution < 1.29 is 18.3 Å². The molecule has 0 aliphatic carbocycles. The van der Waals surface area contributed by atoms with Gasteiger partial charge in [0, 0.05) is 11.8 Å². The third kappa shape index (κ3) is 5.89. The molecule has 0 aromatic heterocycles. The highest BCUT2D eigenvalue weighted by atomic mass is 32.1. The van der Waals surface area contributed by atoms with Gasteiger partial charge in [0.2, 0.25) is 0 Å². The summed E-state index contributed by atoms with van der Waals surface area (Å²) in [6.45, 7) is -2.86. The fourth-order valence-electron chi connectivity index (χ4n) is 2.85. The van der Waals surface area contributed by atoms with Gasteiger partial charge in [-0.2, -0.15) is 8.78 Å². The fraction of sp³-hybridized carbons (Fsp3) is 0.136. The average Bonchev–Trinajstić information content (AvgIpc) is 2.73. The molecule has 0 spiro atoms. The summed E-state index contributed by atoms with van der Waals surface area (Å²) in [5, 5.41) is 6.84. The van der Waals surface area contributed by atoms with Crippen LogP contribution in [-0.2, 0) is 0 Å². The molecule has 150 valence electrons. The first-order valence-corrected chi connectivity index (χ1v) is 9.27. The van der Waals surface area contributed by atoms with Crippen molar-refractivity contribution in [2.45, 2.75) is 12.7 Å². The number of benzene rings is 3. The highest BCUT2D eigenvalue weighted by Crippen LogP contribution is 2.25. The first-order chi connectivity index (χ1) is 14.0. The van der Waals surface area contributed by atoms with E-state index in [9.17, 15) is 8.78 Å². The summed E-state index contributed by atoms with van der Waals surface area (Å²) in [7, 11) is 1.60. The van der Waals surface area contributed by atoms with Crippen molar-refractivity contribution in [2.75, 3.05) is 12.4 Å². The van der Waals surface area contributed by atoms with Crippen LogP contribution in [0.1, 0.15) is 17.2 Å². The monoisotopic (exact) mass is 414 g/mol. The molecule has 3 rings (SSSR count). The van der Waals surface area contributed by atoms with Crippen LogP contribution < -0.4 is 20.1 Å². The lowest BCUT2D eigenvalue weighted by Crippen LogP contribution is -2.33. The number of thiocarbonyl (C=S) groups is 1. The van der Waals surface area contributed by atoms with E-state index < -0.39 is 6.61 Å². The summed E-state index contributed by atoms with van der Waals surface area (Å²) in [5.74, 6) is 0.819. The normalized spacial score (nSPS) is 11.6. The SMILES string of the molecule is COc1cccc(NC(=S)N[C@H](c2ccccc2)c2ccc(OC(F)F)cc2)c1. The van der Waals surface area contributed by atoms with Crippen molar-refractivity contribution in [1.29, 1.82) is 0 Å². The van der Waals surface area contributed by atoms with E-state index in [4.69, 9.17) is 17.0 Å². The molecule has 0 aliphatic heterocycles. The predicted octanol–water partition coefficient (Wildman–Crippen LogP) is 5.37. The van der Waals surface area contributed by atoms with Gasteiger partial charge in [0.1, 0.15) is 11.5 Å². The molecule has 4 nitrogen and oxygen atoms in total. The maximum Gasteiger partial charge on any atom is 0.387 e. The second-order valence-corrected chi connectivity index (χ2v) is 6.53. The highest BCUT2D eigenvalue weighted by Gasteiger charge is 2.16. The number of hydrogen-bond donors (Lipinski definition) is 2. The summed E-state index contributed by atoms with van der Waals surface area (Å²) < 4.78 is 34.5. The first kappa shape index (κ1) is 20.5. The van der Waals surface area contributed by atoms with E-state index >= 15 is 0 Å². The zero-order chi connectivity index (χ0) is 20.6. The number of rotatable bonds is 7. The smallest absolute Gasteiger partial charge is 0.387 e. The Bertz CT molecular complexity index is 937. The van der Waals surface area contributed by atoms with Gasteiger partial charge >= 0.3 is 6.61 Å². The van der Waals surface area contributed by atoms with Gasteiger partial charge in [-0.25, -0.2) is 0 Å². The standard InChI is InChI=1S/C22H20F2N2O2S/c1-27-19-9-5-8-17(14-19)25-22(29)26-20(15-6-3-2-4-7-15)16-10-12-18(13-11-16)28-21(23)24/h2-14,20-21H,1H3,(H2,25,26,29)/t20-/m1/s1. The van der Waals surface area contributed by atoms with Crippen molar-refractivity contribution in [2.24, 2.45) is 0 Å². The van der Waals surface area contributed by atoms with E-state index in [0.29, 0.717) is 10.9 Å². The Balaban J connectivity index is 1.79. The predicted molar refractivity (Wildman–Crippen MR) is 114 cm³/mol. The van der Waals surface area contributed by atoms with Crippen molar-refractivity contribution in [1.82, 2.24) is 5.32 Å². The first-order valence-electron chi connectivity index (χ1n) is 8.86. The third-order valence-corrected chi connectivity index (χ3v) is 4.39. The van der Waals surface area contributed by atoms with Crippen LogP contribution in [0.5, 0.6) is 11.5 Å². The van der Waals surface area contributed by atoms with Gasteiger partial charge in [-0.3, -0.25) is 0 Å². The summed E-state index contributed by atoms with van der Waals surface area (Å²) in [6, 6.07) is 23.3. The molecule has 0 unspecified atom stereocenters. The fourth-order valence-corrected chi connectivity index (χ4v) is 3.08. The van der Waals surface area contributed by atoms with Crippen LogP contribution in [0.3, 0.4) is 0 Å². The van der Waals surface area contributed by atoms with Crippen molar-refractivity contribution in [3.63, 3.8) is 0 Å². The topological polar surface area (TPSA) is 42.5 Å². The number of hydrogen-bond acceptors (Lipinski definition) is 3. The van der Waals surface area contributed by atoms with Crippen LogP contribution in [0, 0.1) is 0 Å². The molecular weight excluding hydrogens is 394 g/mol. The van der Waals surface area contributed by atoms with E-state index in [1.54, 1.807) is 19.2 Å².